The van der Waals surface area contributed by atoms with Crippen LogP contribution in [0.2, 0.25) is 0 Å². The molecule has 1 aliphatic heterocycles. The molecule has 0 spiro atoms. The van der Waals surface area contributed by atoms with Crippen LogP contribution in [-0.4, -0.2) is 65.2 Å². The molecule has 1 fully saturated rings. The first-order valence-electron chi connectivity index (χ1n) is 9.60. The molecule has 3 amide bonds. The molecule has 0 saturated carbocycles. The first-order valence-corrected chi connectivity index (χ1v) is 10.5. The Balaban J connectivity index is 1.47. The van der Waals surface area contributed by atoms with Crippen molar-refractivity contribution in [1.29, 1.82) is 0 Å². The highest BCUT2D eigenvalue weighted by molar-refractivity contribution is 7.13. The Morgan fingerprint density at radius 3 is 2.26 bits per heavy atom. The van der Waals surface area contributed by atoms with Crippen molar-refractivity contribution in [2.24, 2.45) is 0 Å². The molecule has 0 atom stereocenters. The van der Waals surface area contributed by atoms with Crippen LogP contribution in [0.4, 0.5) is 13.2 Å². The van der Waals surface area contributed by atoms with E-state index in [0.29, 0.717) is 48.9 Å². The second-order valence-electron chi connectivity index (χ2n) is 7.02. The van der Waals surface area contributed by atoms with Crippen molar-refractivity contribution in [2.45, 2.75) is 19.5 Å². The second-order valence-corrected chi connectivity index (χ2v) is 7.88. The van der Waals surface area contributed by atoms with Gasteiger partial charge in [-0.25, -0.2) is 4.98 Å². The molecular formula is C20H21F3N4O3S. The average molecular weight is 454 g/mol. The van der Waals surface area contributed by atoms with E-state index >= 15 is 0 Å². The van der Waals surface area contributed by atoms with E-state index in [1.54, 1.807) is 10.3 Å². The van der Waals surface area contributed by atoms with Gasteiger partial charge in [-0.05, 0) is 12.1 Å². The molecule has 1 N–H and O–H groups in total. The molecule has 2 heterocycles. The molecule has 0 radical (unpaired) electrons. The summed E-state index contributed by atoms with van der Waals surface area (Å²) >= 11 is 1.29. The number of carbonyl (C=O) groups excluding carboxylic acids is 3. The van der Waals surface area contributed by atoms with E-state index in [4.69, 9.17) is 0 Å². The summed E-state index contributed by atoms with van der Waals surface area (Å²) in [5.41, 5.74) is 0.527. The van der Waals surface area contributed by atoms with Gasteiger partial charge in [-0.15, -0.1) is 11.3 Å². The SMILES string of the molecule is CC(=O)N1CCN(C(=O)C(=O)NCCc2csc(-c3ccc(C(F)(F)F)cc3)n2)CC1. The lowest BCUT2D eigenvalue weighted by molar-refractivity contribution is -0.148. The quantitative estimate of drug-likeness (QED) is 0.718. The Kier molecular flexibility index (Phi) is 6.94. The van der Waals surface area contributed by atoms with E-state index in [1.807, 2.05) is 0 Å². The number of aromatic nitrogens is 1. The van der Waals surface area contributed by atoms with E-state index in [1.165, 1.54) is 35.3 Å². The minimum absolute atomic E-state index is 0.0597. The summed E-state index contributed by atoms with van der Waals surface area (Å²) in [4.78, 5) is 43.1. The van der Waals surface area contributed by atoms with Crippen LogP contribution in [-0.2, 0) is 27.0 Å². The lowest BCUT2D eigenvalue weighted by atomic mass is 10.1. The fourth-order valence-corrected chi connectivity index (χ4v) is 3.96. The van der Waals surface area contributed by atoms with Gasteiger partial charge in [0.25, 0.3) is 0 Å². The number of hydrogen-bond donors (Lipinski definition) is 1. The van der Waals surface area contributed by atoms with Crippen LogP contribution in [0.5, 0.6) is 0 Å². The summed E-state index contributed by atoms with van der Waals surface area (Å²) in [6, 6.07) is 4.77. The summed E-state index contributed by atoms with van der Waals surface area (Å²) < 4.78 is 38.0. The monoisotopic (exact) mass is 454 g/mol. The molecule has 0 unspecified atom stereocenters. The van der Waals surface area contributed by atoms with Gasteiger partial charge < -0.3 is 15.1 Å². The number of benzene rings is 1. The Hall–Kier alpha value is -2.95. The molecule has 31 heavy (non-hydrogen) atoms. The normalized spacial score (nSPS) is 14.5. The summed E-state index contributed by atoms with van der Waals surface area (Å²) in [6.07, 6.45) is -4.00. The first kappa shape index (κ1) is 22.7. The van der Waals surface area contributed by atoms with Gasteiger partial charge in [-0.2, -0.15) is 13.2 Å². The van der Waals surface area contributed by atoms with Crippen LogP contribution >= 0.6 is 11.3 Å². The summed E-state index contributed by atoms with van der Waals surface area (Å²) in [7, 11) is 0. The Morgan fingerprint density at radius 2 is 1.68 bits per heavy atom. The predicted molar refractivity (Wildman–Crippen MR) is 108 cm³/mol. The summed E-state index contributed by atoms with van der Waals surface area (Å²) in [5, 5.41) is 4.91. The molecule has 1 saturated heterocycles. The smallest absolute Gasteiger partial charge is 0.347 e. The predicted octanol–water partition coefficient (Wildman–Crippen LogP) is 2.18. The number of halogens is 3. The highest BCUT2D eigenvalue weighted by Crippen LogP contribution is 2.31. The first-order chi connectivity index (χ1) is 14.6. The maximum Gasteiger partial charge on any atom is 0.416 e. The Bertz CT molecular complexity index is 951. The number of hydrogen-bond acceptors (Lipinski definition) is 5. The zero-order valence-corrected chi connectivity index (χ0v) is 17.6. The number of amides is 3. The lowest BCUT2D eigenvalue weighted by Crippen LogP contribution is -2.53. The molecule has 0 aliphatic carbocycles. The third-order valence-corrected chi connectivity index (χ3v) is 5.82. The number of carbonyl (C=O) groups is 3. The topological polar surface area (TPSA) is 82.6 Å². The van der Waals surface area contributed by atoms with Gasteiger partial charge in [0.15, 0.2) is 0 Å². The van der Waals surface area contributed by atoms with Gasteiger partial charge in [-0.1, -0.05) is 12.1 Å². The molecule has 1 aliphatic rings. The Labute approximate surface area is 180 Å². The number of piperazine rings is 1. The fraction of sp³-hybridized carbons (Fsp3) is 0.400. The zero-order valence-electron chi connectivity index (χ0n) is 16.7. The van der Waals surface area contributed by atoms with Gasteiger partial charge in [0, 0.05) is 57.0 Å². The number of nitrogens with zero attached hydrogens (tertiary/aromatic N) is 3. The average Bonchev–Trinajstić information content (AvgIpc) is 3.21. The molecular weight excluding hydrogens is 433 g/mol. The number of thiazole rings is 1. The maximum atomic E-state index is 12.7. The fourth-order valence-electron chi connectivity index (χ4n) is 3.10. The summed E-state index contributed by atoms with van der Waals surface area (Å²) in [6.45, 7) is 3.10. The molecule has 166 valence electrons. The molecule has 1 aromatic carbocycles. The van der Waals surface area contributed by atoms with Crippen molar-refractivity contribution in [3.8, 4) is 10.6 Å². The zero-order chi connectivity index (χ0) is 22.6. The van der Waals surface area contributed by atoms with Crippen LogP contribution in [0.3, 0.4) is 0 Å². The van der Waals surface area contributed by atoms with Gasteiger partial charge in [0.05, 0.1) is 11.3 Å². The van der Waals surface area contributed by atoms with Crippen LogP contribution < -0.4 is 5.32 Å². The Morgan fingerprint density at radius 1 is 1.06 bits per heavy atom. The van der Waals surface area contributed by atoms with Crippen molar-refractivity contribution >= 4 is 29.1 Å². The minimum atomic E-state index is -4.39. The highest BCUT2D eigenvalue weighted by Gasteiger charge is 2.30. The molecule has 1 aromatic heterocycles. The summed E-state index contributed by atoms with van der Waals surface area (Å²) in [5.74, 6) is -1.41. The van der Waals surface area contributed by atoms with Gasteiger partial charge in [-0.3, -0.25) is 14.4 Å². The molecule has 11 heteroatoms. The minimum Gasteiger partial charge on any atom is -0.347 e. The van der Waals surface area contributed by atoms with Crippen LogP contribution in [0.15, 0.2) is 29.6 Å². The van der Waals surface area contributed by atoms with Crippen LogP contribution in [0.25, 0.3) is 10.6 Å². The van der Waals surface area contributed by atoms with Gasteiger partial charge in [0.2, 0.25) is 5.91 Å². The van der Waals surface area contributed by atoms with Crippen molar-refractivity contribution in [1.82, 2.24) is 20.1 Å². The number of rotatable bonds is 4. The van der Waals surface area contributed by atoms with E-state index in [-0.39, 0.29) is 12.5 Å². The van der Waals surface area contributed by atoms with E-state index in [0.717, 1.165) is 12.1 Å². The largest absolute Gasteiger partial charge is 0.416 e. The van der Waals surface area contributed by atoms with Gasteiger partial charge in [0.1, 0.15) is 5.01 Å². The standard InChI is InChI=1S/C20H21F3N4O3S/c1-13(28)26-8-10-27(11-9-26)19(30)17(29)24-7-6-16-12-31-18(25-16)14-2-4-15(5-3-14)20(21,22)23/h2-5,12H,6-11H2,1H3,(H,24,29). The lowest BCUT2D eigenvalue weighted by Gasteiger charge is -2.33. The molecule has 7 nitrogen and oxygen atoms in total. The number of alkyl halides is 3. The van der Waals surface area contributed by atoms with E-state index < -0.39 is 23.6 Å². The number of nitrogens with one attached hydrogen (secondary N) is 1. The van der Waals surface area contributed by atoms with Crippen molar-refractivity contribution in [2.75, 3.05) is 32.7 Å². The van der Waals surface area contributed by atoms with Gasteiger partial charge >= 0.3 is 18.0 Å². The van der Waals surface area contributed by atoms with Crippen LogP contribution in [0.1, 0.15) is 18.2 Å². The van der Waals surface area contributed by atoms with E-state index in [9.17, 15) is 27.6 Å². The third kappa shape index (κ3) is 5.81. The third-order valence-electron chi connectivity index (χ3n) is 4.88. The van der Waals surface area contributed by atoms with Crippen LogP contribution in [0, 0.1) is 0 Å². The molecule has 3 rings (SSSR count). The van der Waals surface area contributed by atoms with Crippen molar-refractivity contribution in [3.63, 3.8) is 0 Å². The van der Waals surface area contributed by atoms with Crippen molar-refractivity contribution < 1.29 is 27.6 Å². The highest BCUT2D eigenvalue weighted by atomic mass is 32.1. The molecule has 2 aromatic rings. The second kappa shape index (κ2) is 9.46. The van der Waals surface area contributed by atoms with E-state index in [2.05, 4.69) is 10.3 Å². The molecule has 0 bridgehead atoms. The maximum absolute atomic E-state index is 12.7. The van der Waals surface area contributed by atoms with Crippen molar-refractivity contribution in [3.05, 3.63) is 40.9 Å².